The lowest BCUT2D eigenvalue weighted by molar-refractivity contribution is 0.0979. The van der Waals surface area contributed by atoms with E-state index >= 15 is 0 Å². The molecule has 0 radical (unpaired) electrons. The van der Waals surface area contributed by atoms with Crippen molar-refractivity contribution in [2.75, 3.05) is 13.1 Å². The molecule has 0 aromatic rings. The molecular weight excluding hydrogens is 258 g/mol. The molecule has 0 aromatic carbocycles. The van der Waals surface area contributed by atoms with E-state index in [4.69, 9.17) is 0 Å². The fraction of sp³-hybridized carbons (Fsp3) is 1.00. The van der Waals surface area contributed by atoms with Gasteiger partial charge in [-0.1, -0.05) is 53.4 Å². The number of hydrogen-bond donors (Lipinski definition) is 1. The van der Waals surface area contributed by atoms with Crippen molar-refractivity contribution >= 4 is 8.07 Å². The second kappa shape index (κ2) is 6.96. The molecule has 0 aliphatic heterocycles. The van der Waals surface area contributed by atoms with E-state index in [1.807, 2.05) is 0 Å². The first kappa shape index (κ1) is 18.2. The average molecular weight is 298 g/mol. The van der Waals surface area contributed by atoms with Gasteiger partial charge >= 0.3 is 0 Å². The molecule has 0 amide bonds. The normalized spacial score (nSPS) is 28.6. The highest BCUT2D eigenvalue weighted by atomic mass is 28.3. The van der Waals surface area contributed by atoms with E-state index in [-0.39, 0.29) is 0 Å². The summed E-state index contributed by atoms with van der Waals surface area (Å²) in [5, 5.41) is 3.74. The van der Waals surface area contributed by atoms with Crippen molar-refractivity contribution in [2.45, 2.75) is 85.5 Å². The molecule has 0 unspecified atom stereocenters. The summed E-state index contributed by atoms with van der Waals surface area (Å²) in [6.07, 6.45) is 7.06. The van der Waals surface area contributed by atoms with Crippen molar-refractivity contribution in [2.24, 2.45) is 16.7 Å². The van der Waals surface area contributed by atoms with Crippen LogP contribution in [0.1, 0.15) is 59.8 Å². The maximum atomic E-state index is 3.74. The Morgan fingerprint density at radius 3 is 2.05 bits per heavy atom. The fourth-order valence-corrected chi connectivity index (χ4v) is 6.90. The third-order valence-corrected chi connectivity index (χ3v) is 6.91. The van der Waals surface area contributed by atoms with Crippen molar-refractivity contribution < 1.29 is 0 Å². The third kappa shape index (κ3) is 5.89. The Balaban J connectivity index is 2.67. The van der Waals surface area contributed by atoms with Gasteiger partial charge in [-0.25, -0.2) is 0 Å². The van der Waals surface area contributed by atoms with Crippen molar-refractivity contribution in [1.29, 1.82) is 0 Å². The quantitative estimate of drug-likeness (QED) is 0.501. The van der Waals surface area contributed by atoms with E-state index in [9.17, 15) is 0 Å². The van der Waals surface area contributed by atoms with Crippen LogP contribution in [-0.2, 0) is 0 Å². The standard InChI is InChI=1S/C18H39NSi/c1-8-13-19-14-18(15-20(5,6)7)11-9-16(10-12-18)17(2,3)4/h16,19H,8-15H2,1-7H3. The minimum Gasteiger partial charge on any atom is -0.316 e. The minimum absolute atomic E-state index is 0.502. The van der Waals surface area contributed by atoms with Crippen LogP contribution in [0, 0.1) is 16.7 Å². The zero-order chi connectivity index (χ0) is 15.4. The Hall–Kier alpha value is 0.177. The SMILES string of the molecule is CCCNCC1(C[Si](C)(C)C)CCC(C(C)(C)C)CC1. The van der Waals surface area contributed by atoms with E-state index in [2.05, 4.69) is 52.7 Å². The molecule has 1 saturated carbocycles. The molecule has 1 aliphatic rings. The van der Waals surface area contributed by atoms with E-state index in [1.165, 1.54) is 51.2 Å². The summed E-state index contributed by atoms with van der Waals surface area (Å²) in [7, 11) is -0.985. The Kier molecular flexibility index (Phi) is 6.34. The summed E-state index contributed by atoms with van der Waals surface area (Å²) >= 11 is 0. The van der Waals surface area contributed by atoms with E-state index < -0.39 is 8.07 Å². The average Bonchev–Trinajstić information content (AvgIpc) is 2.26. The van der Waals surface area contributed by atoms with Crippen molar-refractivity contribution in [3.05, 3.63) is 0 Å². The predicted molar refractivity (Wildman–Crippen MR) is 95.2 cm³/mol. The van der Waals surface area contributed by atoms with Crippen LogP contribution >= 0.6 is 0 Å². The van der Waals surface area contributed by atoms with Gasteiger partial charge < -0.3 is 5.32 Å². The molecule has 20 heavy (non-hydrogen) atoms. The molecule has 0 aromatic heterocycles. The maximum Gasteiger partial charge on any atom is 0.0448 e. The van der Waals surface area contributed by atoms with Crippen LogP contribution < -0.4 is 5.32 Å². The molecule has 1 rings (SSSR count). The van der Waals surface area contributed by atoms with Gasteiger partial charge in [0.25, 0.3) is 0 Å². The van der Waals surface area contributed by atoms with E-state index in [0.29, 0.717) is 10.8 Å². The Bertz CT molecular complexity index is 277. The molecule has 1 fully saturated rings. The lowest BCUT2D eigenvalue weighted by Gasteiger charge is -2.46. The van der Waals surface area contributed by atoms with Crippen LogP contribution in [0.25, 0.3) is 0 Å². The van der Waals surface area contributed by atoms with Gasteiger partial charge in [0.05, 0.1) is 0 Å². The molecule has 1 nitrogen and oxygen atoms in total. The largest absolute Gasteiger partial charge is 0.316 e. The third-order valence-electron chi connectivity index (χ3n) is 5.10. The lowest BCUT2D eigenvalue weighted by Crippen LogP contribution is -2.44. The van der Waals surface area contributed by atoms with Crippen LogP contribution in [0.4, 0.5) is 0 Å². The van der Waals surface area contributed by atoms with Crippen LogP contribution in [-0.4, -0.2) is 21.2 Å². The highest BCUT2D eigenvalue weighted by molar-refractivity contribution is 6.76. The Morgan fingerprint density at radius 1 is 1.10 bits per heavy atom. The van der Waals surface area contributed by atoms with Gasteiger partial charge in [-0.05, 0) is 55.4 Å². The van der Waals surface area contributed by atoms with Crippen molar-refractivity contribution in [3.8, 4) is 0 Å². The summed E-state index contributed by atoms with van der Waals surface area (Å²) in [6, 6.07) is 1.51. The van der Waals surface area contributed by atoms with Crippen molar-refractivity contribution in [3.63, 3.8) is 0 Å². The molecule has 2 heteroatoms. The molecule has 0 spiro atoms. The molecule has 1 aliphatic carbocycles. The summed E-state index contributed by atoms with van der Waals surface area (Å²) < 4.78 is 0. The lowest BCUT2D eigenvalue weighted by atomic mass is 9.64. The second-order valence-electron chi connectivity index (χ2n) is 9.55. The summed E-state index contributed by atoms with van der Waals surface area (Å²) in [4.78, 5) is 0. The van der Waals surface area contributed by atoms with Gasteiger partial charge in [-0.3, -0.25) is 0 Å². The monoisotopic (exact) mass is 297 g/mol. The van der Waals surface area contributed by atoms with Crippen molar-refractivity contribution in [1.82, 2.24) is 5.32 Å². The van der Waals surface area contributed by atoms with Crippen LogP contribution in [0.3, 0.4) is 0 Å². The van der Waals surface area contributed by atoms with Gasteiger partial charge in [0.1, 0.15) is 0 Å². The first-order valence-corrected chi connectivity index (χ1v) is 12.5. The fourth-order valence-electron chi connectivity index (χ4n) is 4.17. The molecule has 1 N–H and O–H groups in total. The van der Waals surface area contributed by atoms with E-state index in [0.717, 1.165) is 5.92 Å². The van der Waals surface area contributed by atoms with Gasteiger partial charge in [0.2, 0.25) is 0 Å². The zero-order valence-electron chi connectivity index (χ0n) is 15.2. The molecule has 120 valence electrons. The highest BCUT2D eigenvalue weighted by Gasteiger charge is 2.40. The molecular formula is C18H39NSi. The summed E-state index contributed by atoms with van der Waals surface area (Å²) in [5.74, 6) is 0.934. The summed E-state index contributed by atoms with van der Waals surface area (Å²) in [5.41, 5.74) is 1.11. The zero-order valence-corrected chi connectivity index (χ0v) is 16.2. The molecule has 0 saturated heterocycles. The maximum absolute atomic E-state index is 3.74. The molecule has 0 atom stereocenters. The summed E-state index contributed by atoms with van der Waals surface area (Å²) in [6.45, 7) is 19.7. The minimum atomic E-state index is -0.985. The van der Waals surface area contributed by atoms with Crippen LogP contribution in [0.5, 0.6) is 0 Å². The van der Waals surface area contributed by atoms with Gasteiger partial charge in [0.15, 0.2) is 0 Å². The van der Waals surface area contributed by atoms with E-state index in [1.54, 1.807) is 0 Å². The van der Waals surface area contributed by atoms with Gasteiger partial charge in [-0.15, -0.1) is 0 Å². The predicted octanol–water partition coefficient (Wildman–Crippen LogP) is 5.55. The van der Waals surface area contributed by atoms with Crippen LogP contribution in [0.15, 0.2) is 0 Å². The highest BCUT2D eigenvalue weighted by Crippen LogP contribution is 2.48. The first-order chi connectivity index (χ1) is 9.08. The number of rotatable bonds is 6. The van der Waals surface area contributed by atoms with Crippen LogP contribution in [0.2, 0.25) is 25.7 Å². The smallest absolute Gasteiger partial charge is 0.0448 e. The Morgan fingerprint density at radius 2 is 1.65 bits per heavy atom. The second-order valence-corrected chi connectivity index (χ2v) is 15.0. The van der Waals surface area contributed by atoms with Gasteiger partial charge in [0, 0.05) is 14.6 Å². The number of nitrogens with one attached hydrogen (secondary N) is 1. The number of hydrogen-bond acceptors (Lipinski definition) is 1. The first-order valence-electron chi connectivity index (χ1n) is 8.79. The molecule has 0 bridgehead atoms. The topological polar surface area (TPSA) is 12.0 Å². The Labute approximate surface area is 129 Å². The van der Waals surface area contributed by atoms with Gasteiger partial charge in [-0.2, -0.15) is 0 Å². The molecule has 0 heterocycles.